The molecule has 0 saturated carbocycles. The fourth-order valence-electron chi connectivity index (χ4n) is 5.49. The molecule has 2 aliphatic rings. The van der Waals surface area contributed by atoms with E-state index < -0.39 is 5.54 Å². The zero-order valence-electron chi connectivity index (χ0n) is 20.3. The van der Waals surface area contributed by atoms with Gasteiger partial charge in [-0.25, -0.2) is 4.79 Å². The smallest absolute Gasteiger partial charge is 0.328 e. The Morgan fingerprint density at radius 3 is 2.74 bits per heavy atom. The maximum absolute atomic E-state index is 13.8. The second-order valence-corrected chi connectivity index (χ2v) is 9.48. The molecule has 0 bridgehead atoms. The summed E-state index contributed by atoms with van der Waals surface area (Å²) >= 11 is 0. The molecule has 3 aromatic rings. The maximum Gasteiger partial charge on any atom is 0.328 e. The molecule has 2 N–H and O–H groups in total. The van der Waals surface area contributed by atoms with Crippen molar-refractivity contribution >= 4 is 22.8 Å². The third-order valence-electron chi connectivity index (χ3n) is 7.25. The van der Waals surface area contributed by atoms with Crippen LogP contribution in [0.15, 0.2) is 61.2 Å². The van der Waals surface area contributed by atoms with Gasteiger partial charge < -0.3 is 15.0 Å². The molecule has 7 heteroatoms. The summed E-state index contributed by atoms with van der Waals surface area (Å²) in [5.41, 5.74) is 3.03. The van der Waals surface area contributed by atoms with E-state index in [4.69, 9.17) is 4.74 Å². The first-order valence-electron chi connectivity index (χ1n) is 12.2. The minimum atomic E-state index is -0.959. The molecule has 0 radical (unpaired) electrons. The van der Waals surface area contributed by atoms with Gasteiger partial charge in [-0.05, 0) is 62.2 Å². The van der Waals surface area contributed by atoms with Crippen LogP contribution in [0.2, 0.25) is 0 Å². The van der Waals surface area contributed by atoms with Crippen molar-refractivity contribution in [1.29, 1.82) is 0 Å². The number of carbonyl (C=O) groups excluding carboxylic acids is 2. The van der Waals surface area contributed by atoms with Crippen molar-refractivity contribution in [3.8, 4) is 5.75 Å². The van der Waals surface area contributed by atoms with Crippen molar-refractivity contribution in [3.05, 3.63) is 78.0 Å². The number of benzene rings is 2. The second-order valence-electron chi connectivity index (χ2n) is 9.48. The van der Waals surface area contributed by atoms with Crippen molar-refractivity contribution in [1.82, 2.24) is 20.1 Å². The standard InChI is InChI=1S/C28H32N4O3/c1-4-5-14-29-15-9-16-31-26(33)28(2)18-22-21-17-20(35-3)12-13-23(21)30-24(22)25(32(28)27(31)34)19-10-7-6-8-11-19/h4,6-8,10-13,17,25,29-30H,1,5,9,14-16,18H2,2-3H3/t25-,28+/m1/s1. The Morgan fingerprint density at radius 2 is 2.00 bits per heavy atom. The fraction of sp³-hybridized carbons (Fsp3) is 0.357. The van der Waals surface area contributed by atoms with Gasteiger partial charge in [-0.2, -0.15) is 0 Å². The minimum absolute atomic E-state index is 0.127. The molecule has 5 rings (SSSR count). The summed E-state index contributed by atoms with van der Waals surface area (Å²) in [6, 6.07) is 15.3. The molecule has 2 atom stereocenters. The molecule has 3 heterocycles. The van der Waals surface area contributed by atoms with Crippen LogP contribution in [-0.2, 0) is 11.2 Å². The van der Waals surface area contributed by atoms with Crippen LogP contribution >= 0.6 is 0 Å². The highest BCUT2D eigenvalue weighted by Gasteiger charge is 2.59. The molecule has 2 aliphatic heterocycles. The van der Waals surface area contributed by atoms with Gasteiger partial charge >= 0.3 is 6.03 Å². The highest BCUT2D eigenvalue weighted by molar-refractivity contribution is 6.08. The largest absolute Gasteiger partial charge is 0.497 e. The Bertz CT molecular complexity index is 1270. The number of nitrogens with zero attached hydrogens (tertiary/aromatic N) is 2. The highest BCUT2D eigenvalue weighted by Crippen LogP contribution is 2.48. The lowest BCUT2D eigenvalue weighted by atomic mass is 9.81. The van der Waals surface area contributed by atoms with E-state index in [0.717, 1.165) is 53.0 Å². The van der Waals surface area contributed by atoms with Crippen molar-refractivity contribution in [2.24, 2.45) is 0 Å². The van der Waals surface area contributed by atoms with Crippen LogP contribution < -0.4 is 10.1 Å². The zero-order valence-corrected chi connectivity index (χ0v) is 20.3. The number of hydrogen-bond donors (Lipinski definition) is 2. The zero-order chi connectivity index (χ0) is 24.6. The first-order valence-corrected chi connectivity index (χ1v) is 12.2. The normalized spacial score (nSPS) is 21.4. The van der Waals surface area contributed by atoms with Crippen LogP contribution in [0.25, 0.3) is 10.9 Å². The third-order valence-corrected chi connectivity index (χ3v) is 7.25. The number of methoxy groups -OCH3 is 1. The number of urea groups is 1. The number of hydrogen-bond acceptors (Lipinski definition) is 4. The lowest BCUT2D eigenvalue weighted by molar-refractivity contribution is -0.133. The minimum Gasteiger partial charge on any atom is -0.497 e. The summed E-state index contributed by atoms with van der Waals surface area (Å²) in [6.45, 7) is 7.63. The average Bonchev–Trinajstić information content (AvgIpc) is 3.32. The molecule has 2 aromatic carbocycles. The van der Waals surface area contributed by atoms with E-state index in [9.17, 15) is 9.59 Å². The van der Waals surface area contributed by atoms with Crippen LogP contribution in [-0.4, -0.2) is 59.0 Å². The second kappa shape index (κ2) is 9.23. The van der Waals surface area contributed by atoms with E-state index in [-0.39, 0.29) is 18.0 Å². The maximum atomic E-state index is 13.8. The summed E-state index contributed by atoms with van der Waals surface area (Å²) in [5.74, 6) is 0.639. The number of nitrogens with one attached hydrogen (secondary N) is 2. The molecular formula is C28H32N4O3. The number of ether oxygens (including phenoxy) is 1. The quantitative estimate of drug-likeness (QED) is 0.275. The Kier molecular flexibility index (Phi) is 6.11. The van der Waals surface area contributed by atoms with Crippen LogP contribution in [0.3, 0.4) is 0 Å². The molecule has 182 valence electrons. The van der Waals surface area contributed by atoms with E-state index in [1.165, 1.54) is 4.90 Å². The number of imide groups is 1. The van der Waals surface area contributed by atoms with Crippen LogP contribution in [0.4, 0.5) is 4.79 Å². The Balaban J connectivity index is 1.54. The summed E-state index contributed by atoms with van der Waals surface area (Å²) in [7, 11) is 1.65. The lowest BCUT2D eigenvalue weighted by Gasteiger charge is -2.42. The first kappa shape index (κ1) is 23.2. The Hall–Kier alpha value is -3.58. The third kappa shape index (κ3) is 3.80. The van der Waals surface area contributed by atoms with Gasteiger partial charge in [0.1, 0.15) is 17.3 Å². The van der Waals surface area contributed by atoms with Gasteiger partial charge in [0.15, 0.2) is 0 Å². The topological polar surface area (TPSA) is 77.7 Å². The van der Waals surface area contributed by atoms with Gasteiger partial charge in [-0.1, -0.05) is 36.4 Å². The van der Waals surface area contributed by atoms with Crippen molar-refractivity contribution in [2.75, 3.05) is 26.7 Å². The highest BCUT2D eigenvalue weighted by atomic mass is 16.5. The molecule has 1 aromatic heterocycles. The van der Waals surface area contributed by atoms with E-state index >= 15 is 0 Å². The van der Waals surface area contributed by atoms with E-state index in [0.29, 0.717) is 19.4 Å². The molecule has 0 aliphatic carbocycles. The van der Waals surface area contributed by atoms with Gasteiger partial charge in [0.25, 0.3) is 5.91 Å². The molecule has 1 fully saturated rings. The molecule has 1 saturated heterocycles. The molecule has 0 spiro atoms. The summed E-state index contributed by atoms with van der Waals surface area (Å²) < 4.78 is 5.48. The van der Waals surface area contributed by atoms with Gasteiger partial charge in [-0.15, -0.1) is 6.58 Å². The monoisotopic (exact) mass is 472 g/mol. The SMILES string of the molecule is C=CCCNCCCN1C(=O)N2[C@H](c3ccccc3)c3[nH]c4ccc(OC)cc4c3C[C@@]2(C)C1=O. The lowest BCUT2D eigenvalue weighted by Crippen LogP contribution is -2.53. The molecule has 35 heavy (non-hydrogen) atoms. The number of H-pyrrole nitrogens is 1. The van der Waals surface area contributed by atoms with Crippen LogP contribution in [0.1, 0.15) is 42.6 Å². The fourth-order valence-corrected chi connectivity index (χ4v) is 5.49. The van der Waals surface area contributed by atoms with Gasteiger partial charge in [-0.3, -0.25) is 14.6 Å². The summed E-state index contributed by atoms with van der Waals surface area (Å²) in [5, 5.41) is 4.37. The predicted octanol–water partition coefficient (Wildman–Crippen LogP) is 4.40. The summed E-state index contributed by atoms with van der Waals surface area (Å²) in [6.07, 6.45) is 3.93. The molecular weight excluding hydrogens is 440 g/mol. The van der Waals surface area contributed by atoms with E-state index in [1.807, 2.05) is 61.5 Å². The van der Waals surface area contributed by atoms with Crippen molar-refractivity contribution < 1.29 is 14.3 Å². The van der Waals surface area contributed by atoms with Crippen molar-refractivity contribution in [2.45, 2.75) is 37.8 Å². The van der Waals surface area contributed by atoms with Gasteiger partial charge in [0, 0.05) is 29.6 Å². The molecule has 0 unspecified atom stereocenters. The average molecular weight is 473 g/mol. The first-order chi connectivity index (χ1) is 17.0. The van der Waals surface area contributed by atoms with E-state index in [1.54, 1.807) is 12.0 Å². The van der Waals surface area contributed by atoms with E-state index in [2.05, 4.69) is 16.9 Å². The van der Waals surface area contributed by atoms with Crippen LogP contribution in [0, 0.1) is 0 Å². The predicted molar refractivity (Wildman–Crippen MR) is 136 cm³/mol. The number of aromatic amines is 1. The number of rotatable bonds is 9. The number of amides is 3. The van der Waals surface area contributed by atoms with Crippen LogP contribution in [0.5, 0.6) is 5.75 Å². The van der Waals surface area contributed by atoms with Gasteiger partial charge in [0.2, 0.25) is 0 Å². The number of aromatic nitrogens is 1. The van der Waals surface area contributed by atoms with Gasteiger partial charge in [0.05, 0.1) is 7.11 Å². The molecule has 7 nitrogen and oxygen atoms in total. The Labute approximate surface area is 205 Å². The number of carbonyl (C=O) groups is 2. The molecule has 3 amide bonds. The Morgan fingerprint density at radius 1 is 1.20 bits per heavy atom. The summed E-state index contributed by atoms with van der Waals surface area (Å²) in [4.78, 5) is 34.4. The van der Waals surface area contributed by atoms with Crippen molar-refractivity contribution in [3.63, 3.8) is 0 Å². The number of fused-ring (bicyclic) bond motifs is 4.